The average Bonchev–Trinajstić information content (AvgIpc) is 2.44. The van der Waals surface area contributed by atoms with Crippen molar-refractivity contribution < 1.29 is 4.79 Å². The van der Waals surface area contributed by atoms with Gasteiger partial charge in [-0.1, -0.05) is 19.1 Å². The minimum absolute atomic E-state index is 0.0564. The standard InChI is InChI=1S/C15H24N2OS/c1-5-10-17-15(18)12(3)19-14-8-6-13(7-9-14)11(2)16-4/h6-9,11-12,16H,5,10H2,1-4H3,(H,17,18). The largest absolute Gasteiger partial charge is 0.355 e. The number of amides is 1. The molecule has 1 amide bonds. The van der Waals surface area contributed by atoms with E-state index in [2.05, 4.69) is 48.7 Å². The van der Waals surface area contributed by atoms with Crippen LogP contribution in [-0.2, 0) is 4.79 Å². The molecule has 0 aromatic heterocycles. The smallest absolute Gasteiger partial charge is 0.233 e. The molecule has 0 aliphatic rings. The number of carbonyl (C=O) groups is 1. The number of thioether (sulfide) groups is 1. The third kappa shape index (κ3) is 5.25. The van der Waals surface area contributed by atoms with Gasteiger partial charge in [0.15, 0.2) is 0 Å². The van der Waals surface area contributed by atoms with Crippen molar-refractivity contribution in [3.05, 3.63) is 29.8 Å². The second kappa shape index (κ2) is 8.23. The molecule has 19 heavy (non-hydrogen) atoms. The van der Waals surface area contributed by atoms with Crippen LogP contribution in [0.5, 0.6) is 0 Å². The van der Waals surface area contributed by atoms with Crippen molar-refractivity contribution >= 4 is 17.7 Å². The van der Waals surface area contributed by atoms with Gasteiger partial charge in [-0.15, -0.1) is 11.8 Å². The Kier molecular flexibility index (Phi) is 6.95. The number of carbonyl (C=O) groups excluding carboxylic acids is 1. The highest BCUT2D eigenvalue weighted by Crippen LogP contribution is 2.25. The van der Waals surface area contributed by atoms with Crippen LogP contribution in [0.4, 0.5) is 0 Å². The molecule has 4 heteroatoms. The van der Waals surface area contributed by atoms with Gasteiger partial charge in [0.2, 0.25) is 5.91 Å². The highest BCUT2D eigenvalue weighted by Gasteiger charge is 2.13. The molecule has 1 aromatic carbocycles. The van der Waals surface area contributed by atoms with Crippen molar-refractivity contribution in [2.24, 2.45) is 0 Å². The Bertz CT molecular complexity index is 392. The Labute approximate surface area is 120 Å². The first kappa shape index (κ1) is 16.1. The molecule has 0 aliphatic heterocycles. The number of nitrogens with one attached hydrogen (secondary N) is 2. The number of rotatable bonds is 7. The summed E-state index contributed by atoms with van der Waals surface area (Å²) in [5, 5.41) is 6.08. The molecular weight excluding hydrogens is 256 g/mol. The van der Waals surface area contributed by atoms with E-state index in [9.17, 15) is 4.79 Å². The maximum absolute atomic E-state index is 11.8. The maximum Gasteiger partial charge on any atom is 0.233 e. The summed E-state index contributed by atoms with van der Waals surface area (Å²) in [5.74, 6) is 0.111. The van der Waals surface area contributed by atoms with Crippen LogP contribution in [0.1, 0.15) is 38.8 Å². The molecule has 2 unspecified atom stereocenters. The van der Waals surface area contributed by atoms with Crippen molar-refractivity contribution in [2.45, 2.75) is 43.4 Å². The molecule has 0 spiro atoms. The quantitative estimate of drug-likeness (QED) is 0.755. The molecule has 0 bridgehead atoms. The second-order valence-electron chi connectivity index (χ2n) is 4.63. The number of hydrogen-bond donors (Lipinski definition) is 2. The lowest BCUT2D eigenvalue weighted by molar-refractivity contribution is -0.120. The zero-order valence-corrected chi connectivity index (χ0v) is 13.0. The van der Waals surface area contributed by atoms with Crippen LogP contribution in [0, 0.1) is 0 Å². The van der Waals surface area contributed by atoms with Gasteiger partial charge in [-0.2, -0.15) is 0 Å². The van der Waals surface area contributed by atoms with Crippen LogP contribution in [-0.4, -0.2) is 24.7 Å². The first-order valence-electron chi connectivity index (χ1n) is 6.80. The first-order chi connectivity index (χ1) is 9.08. The first-order valence-corrected chi connectivity index (χ1v) is 7.68. The summed E-state index contributed by atoms with van der Waals surface area (Å²) in [6.45, 7) is 6.88. The Balaban J connectivity index is 2.55. The Morgan fingerprint density at radius 2 is 1.89 bits per heavy atom. The molecule has 0 aliphatic carbocycles. The summed E-state index contributed by atoms with van der Waals surface area (Å²) >= 11 is 1.60. The lowest BCUT2D eigenvalue weighted by Gasteiger charge is -2.13. The second-order valence-corrected chi connectivity index (χ2v) is 6.04. The predicted octanol–water partition coefficient (Wildman–Crippen LogP) is 2.97. The van der Waals surface area contributed by atoms with Gasteiger partial charge in [-0.25, -0.2) is 0 Å². The molecule has 0 fully saturated rings. The molecule has 0 saturated heterocycles. The Hall–Kier alpha value is -1.00. The van der Waals surface area contributed by atoms with Crippen LogP contribution in [0.3, 0.4) is 0 Å². The van der Waals surface area contributed by atoms with E-state index in [0.29, 0.717) is 6.04 Å². The maximum atomic E-state index is 11.8. The van der Waals surface area contributed by atoms with Crippen molar-refractivity contribution in [3.8, 4) is 0 Å². The fourth-order valence-corrected chi connectivity index (χ4v) is 2.54. The zero-order chi connectivity index (χ0) is 14.3. The highest BCUT2D eigenvalue weighted by molar-refractivity contribution is 8.00. The molecule has 106 valence electrons. The summed E-state index contributed by atoms with van der Waals surface area (Å²) in [6.07, 6.45) is 0.972. The minimum atomic E-state index is -0.0564. The van der Waals surface area contributed by atoms with Crippen molar-refractivity contribution in [2.75, 3.05) is 13.6 Å². The number of benzene rings is 1. The normalized spacial score (nSPS) is 13.9. The van der Waals surface area contributed by atoms with Gasteiger partial charge < -0.3 is 10.6 Å². The summed E-state index contributed by atoms with van der Waals surface area (Å²) in [7, 11) is 1.95. The van der Waals surface area contributed by atoms with E-state index in [1.54, 1.807) is 11.8 Å². The molecule has 2 atom stereocenters. The molecule has 3 nitrogen and oxygen atoms in total. The van der Waals surface area contributed by atoms with Crippen LogP contribution < -0.4 is 10.6 Å². The highest BCUT2D eigenvalue weighted by atomic mass is 32.2. The third-order valence-corrected chi connectivity index (χ3v) is 4.16. The molecule has 0 radical (unpaired) electrons. The van der Waals surface area contributed by atoms with Gasteiger partial charge in [-0.3, -0.25) is 4.79 Å². The zero-order valence-electron chi connectivity index (χ0n) is 12.2. The van der Waals surface area contributed by atoms with Gasteiger partial charge >= 0.3 is 0 Å². The van der Waals surface area contributed by atoms with Crippen LogP contribution in [0.2, 0.25) is 0 Å². The molecular formula is C15H24N2OS. The molecule has 1 rings (SSSR count). The minimum Gasteiger partial charge on any atom is -0.355 e. The fourth-order valence-electron chi connectivity index (χ4n) is 1.65. The lowest BCUT2D eigenvalue weighted by Crippen LogP contribution is -2.31. The van der Waals surface area contributed by atoms with E-state index in [0.717, 1.165) is 17.9 Å². The van der Waals surface area contributed by atoms with E-state index in [1.165, 1.54) is 5.56 Å². The van der Waals surface area contributed by atoms with E-state index in [-0.39, 0.29) is 11.2 Å². The third-order valence-electron chi connectivity index (χ3n) is 3.04. The number of hydrogen-bond acceptors (Lipinski definition) is 3. The van der Waals surface area contributed by atoms with Gasteiger partial charge in [-0.05, 0) is 45.0 Å². The molecule has 1 aromatic rings. The SMILES string of the molecule is CCCNC(=O)C(C)Sc1ccc(C(C)NC)cc1. The van der Waals surface area contributed by atoms with Crippen molar-refractivity contribution in [3.63, 3.8) is 0 Å². The van der Waals surface area contributed by atoms with Crippen LogP contribution >= 0.6 is 11.8 Å². The fraction of sp³-hybridized carbons (Fsp3) is 0.533. The molecule has 2 N–H and O–H groups in total. The monoisotopic (exact) mass is 280 g/mol. The Morgan fingerprint density at radius 3 is 2.42 bits per heavy atom. The van der Waals surface area contributed by atoms with E-state index < -0.39 is 0 Å². The van der Waals surface area contributed by atoms with E-state index >= 15 is 0 Å². The summed E-state index contributed by atoms with van der Waals surface area (Å²) in [6, 6.07) is 8.74. The molecule has 0 saturated carbocycles. The van der Waals surface area contributed by atoms with Crippen LogP contribution in [0.15, 0.2) is 29.2 Å². The Morgan fingerprint density at radius 1 is 1.26 bits per heavy atom. The average molecular weight is 280 g/mol. The van der Waals surface area contributed by atoms with Crippen LogP contribution in [0.25, 0.3) is 0 Å². The molecule has 0 heterocycles. The lowest BCUT2D eigenvalue weighted by atomic mass is 10.1. The topological polar surface area (TPSA) is 41.1 Å². The predicted molar refractivity (Wildman–Crippen MR) is 82.5 cm³/mol. The van der Waals surface area contributed by atoms with E-state index in [1.807, 2.05) is 14.0 Å². The summed E-state index contributed by atoms with van der Waals surface area (Å²) in [5.41, 5.74) is 1.26. The van der Waals surface area contributed by atoms with Crippen molar-refractivity contribution in [1.82, 2.24) is 10.6 Å². The van der Waals surface area contributed by atoms with Gasteiger partial charge in [0.25, 0.3) is 0 Å². The van der Waals surface area contributed by atoms with Gasteiger partial charge in [0.05, 0.1) is 5.25 Å². The van der Waals surface area contributed by atoms with E-state index in [4.69, 9.17) is 0 Å². The summed E-state index contributed by atoms with van der Waals surface area (Å²) < 4.78 is 0. The van der Waals surface area contributed by atoms with Crippen molar-refractivity contribution in [1.29, 1.82) is 0 Å². The van der Waals surface area contributed by atoms with Gasteiger partial charge in [0, 0.05) is 17.5 Å². The summed E-state index contributed by atoms with van der Waals surface area (Å²) in [4.78, 5) is 12.9. The van der Waals surface area contributed by atoms with Gasteiger partial charge in [0.1, 0.15) is 0 Å².